The molecular weight excluding hydrogens is 865 g/mol. The van der Waals surface area contributed by atoms with Crippen LogP contribution in [0, 0.1) is 0 Å². The van der Waals surface area contributed by atoms with Crippen molar-refractivity contribution >= 4 is 11.9 Å². The van der Waals surface area contributed by atoms with Gasteiger partial charge in [0.15, 0.2) is 18.7 Å². The zero-order valence-electron chi connectivity index (χ0n) is 40.4. The Bertz CT molecular complexity index is 1440. The van der Waals surface area contributed by atoms with Gasteiger partial charge in [-0.25, -0.2) is 0 Å². The standard InChI is InChI=1S/C52H86O15/c1-3-5-7-9-11-13-15-17-19-20-21-23-24-26-28-30-32-34-43(54)62-37-40(65-44(55)35-33-31-29-27-25-22-18-16-14-12-10-8-6-4-2)38-63-51-50(61)48(59)46(57)42(67-51)39-64-52-49(60)47(58)45(56)41(36-53)66-52/h10-13,16-19,21,23,26,28,40-42,45-53,56-61H,3-9,14-15,20,22,24-25,27,29-39H2,1-2H3/b12-10+,13-11+,18-16+,19-17+,23-21+,28-26+/t40-,41+,42+,45-,46-,47?,48?,49?,50?,51+,52+/m0/s1. The summed E-state index contributed by atoms with van der Waals surface area (Å²) in [6, 6.07) is 0. The lowest BCUT2D eigenvalue weighted by Crippen LogP contribution is -2.61. The zero-order valence-corrected chi connectivity index (χ0v) is 40.4. The summed E-state index contributed by atoms with van der Waals surface area (Å²) >= 11 is 0. The SMILES string of the molecule is CCCC/C=C/C/C=C/CCCCCCCC(=O)O[C@@H](COC(=O)CCC/C=C/C/C=C/C/C=C/C/C=C/CCCCC)CO[C@@H]1O[C@H](CO[C@@H]2O[C@H](CO)[C@H](O)C(O)C2O)[C@H](O)C(O)C1O. The fourth-order valence-corrected chi connectivity index (χ4v) is 7.22. The number of hydrogen-bond donors (Lipinski definition) is 7. The van der Waals surface area contributed by atoms with Gasteiger partial charge >= 0.3 is 11.9 Å². The summed E-state index contributed by atoms with van der Waals surface area (Å²) in [7, 11) is 0. The molecule has 2 heterocycles. The van der Waals surface area contributed by atoms with Crippen molar-refractivity contribution in [3.8, 4) is 0 Å². The molecular formula is C52H86O15. The maximum absolute atomic E-state index is 13.0. The minimum Gasteiger partial charge on any atom is -0.462 e. The van der Waals surface area contributed by atoms with E-state index >= 15 is 0 Å². The number of carbonyl (C=O) groups excluding carboxylic acids is 2. The Kier molecular flexibility index (Phi) is 34.7. The first-order valence-electron chi connectivity index (χ1n) is 25.0. The molecule has 0 aliphatic carbocycles. The van der Waals surface area contributed by atoms with Crippen LogP contribution in [0.2, 0.25) is 0 Å². The molecule has 0 bridgehead atoms. The van der Waals surface area contributed by atoms with Crippen LogP contribution in [0.1, 0.15) is 149 Å². The van der Waals surface area contributed by atoms with Gasteiger partial charge < -0.3 is 64.2 Å². The van der Waals surface area contributed by atoms with Gasteiger partial charge in [0, 0.05) is 12.8 Å². The van der Waals surface area contributed by atoms with E-state index in [0.29, 0.717) is 19.3 Å². The van der Waals surface area contributed by atoms with E-state index in [4.69, 9.17) is 28.4 Å². The molecule has 0 saturated carbocycles. The molecule has 2 aliphatic heterocycles. The van der Waals surface area contributed by atoms with Gasteiger partial charge in [-0.1, -0.05) is 132 Å². The third-order valence-electron chi connectivity index (χ3n) is 11.4. The maximum atomic E-state index is 13.0. The Balaban J connectivity index is 1.86. The normalized spacial score (nSPS) is 26.6. The summed E-state index contributed by atoms with van der Waals surface area (Å²) in [5.74, 6) is -1.01. The van der Waals surface area contributed by atoms with Gasteiger partial charge in [0.25, 0.3) is 0 Å². The molecule has 2 fully saturated rings. The van der Waals surface area contributed by atoms with Gasteiger partial charge in [0.1, 0.15) is 55.4 Å². The van der Waals surface area contributed by atoms with E-state index in [1.54, 1.807) is 0 Å². The third-order valence-corrected chi connectivity index (χ3v) is 11.4. The number of allylic oxidation sites excluding steroid dienone is 12. The zero-order chi connectivity index (χ0) is 48.9. The van der Waals surface area contributed by atoms with E-state index in [1.165, 1.54) is 32.1 Å². The number of esters is 2. The van der Waals surface area contributed by atoms with Gasteiger partial charge in [-0.15, -0.1) is 0 Å². The van der Waals surface area contributed by atoms with E-state index in [2.05, 4.69) is 80.7 Å². The lowest BCUT2D eigenvalue weighted by atomic mass is 9.98. The Morgan fingerprint density at radius 3 is 1.49 bits per heavy atom. The average Bonchev–Trinajstić information content (AvgIpc) is 3.32. The van der Waals surface area contributed by atoms with Crippen LogP contribution in [0.25, 0.3) is 0 Å². The molecule has 2 saturated heterocycles. The van der Waals surface area contributed by atoms with Crippen molar-refractivity contribution in [2.45, 2.75) is 216 Å². The second kappa shape index (κ2) is 38.8. The molecule has 2 rings (SSSR count). The van der Waals surface area contributed by atoms with E-state index in [-0.39, 0.29) is 19.4 Å². The maximum Gasteiger partial charge on any atom is 0.306 e. The van der Waals surface area contributed by atoms with Crippen molar-refractivity contribution in [1.29, 1.82) is 0 Å². The molecule has 11 atom stereocenters. The van der Waals surface area contributed by atoms with Gasteiger partial charge in [-0.05, 0) is 77.0 Å². The van der Waals surface area contributed by atoms with Crippen LogP contribution in [0.4, 0.5) is 0 Å². The van der Waals surface area contributed by atoms with Crippen molar-refractivity contribution < 1.29 is 73.8 Å². The predicted molar refractivity (Wildman–Crippen MR) is 256 cm³/mol. The van der Waals surface area contributed by atoms with E-state index in [9.17, 15) is 45.3 Å². The Labute approximate surface area is 400 Å². The molecule has 67 heavy (non-hydrogen) atoms. The summed E-state index contributed by atoms with van der Waals surface area (Å²) in [6.07, 6.45) is 27.9. The second-order valence-corrected chi connectivity index (χ2v) is 17.3. The number of carbonyl (C=O) groups is 2. The van der Waals surface area contributed by atoms with Crippen molar-refractivity contribution in [1.82, 2.24) is 0 Å². The minimum absolute atomic E-state index is 0.134. The first-order chi connectivity index (χ1) is 32.5. The predicted octanol–water partition coefficient (Wildman–Crippen LogP) is 6.65. The van der Waals surface area contributed by atoms with Crippen LogP contribution >= 0.6 is 0 Å². The molecule has 15 nitrogen and oxygen atoms in total. The second-order valence-electron chi connectivity index (χ2n) is 17.3. The summed E-state index contributed by atoms with van der Waals surface area (Å²) in [5, 5.41) is 72.0. The van der Waals surface area contributed by atoms with Crippen LogP contribution < -0.4 is 0 Å². The fourth-order valence-electron chi connectivity index (χ4n) is 7.22. The molecule has 0 amide bonds. The van der Waals surface area contributed by atoms with Crippen LogP contribution in [0.5, 0.6) is 0 Å². The van der Waals surface area contributed by atoms with Crippen molar-refractivity contribution in [3.05, 3.63) is 72.9 Å². The molecule has 7 N–H and O–H groups in total. The highest BCUT2D eigenvalue weighted by Gasteiger charge is 2.47. The average molecular weight is 951 g/mol. The Morgan fingerprint density at radius 2 is 0.925 bits per heavy atom. The summed E-state index contributed by atoms with van der Waals surface area (Å²) in [6.45, 7) is 2.42. The first kappa shape index (κ1) is 60.1. The molecule has 0 aromatic heterocycles. The van der Waals surface area contributed by atoms with E-state index < -0.39 is 99.3 Å². The van der Waals surface area contributed by atoms with Crippen molar-refractivity contribution in [2.24, 2.45) is 0 Å². The van der Waals surface area contributed by atoms with Crippen LogP contribution in [0.3, 0.4) is 0 Å². The Morgan fingerprint density at radius 1 is 0.478 bits per heavy atom. The third kappa shape index (κ3) is 27.1. The topological polar surface area (TPSA) is 231 Å². The number of hydrogen-bond acceptors (Lipinski definition) is 15. The number of aliphatic hydroxyl groups is 7. The highest BCUT2D eigenvalue weighted by atomic mass is 16.7. The van der Waals surface area contributed by atoms with Gasteiger partial charge in [0.05, 0.1) is 19.8 Å². The summed E-state index contributed by atoms with van der Waals surface area (Å²) < 4.78 is 33.5. The minimum atomic E-state index is -1.78. The van der Waals surface area contributed by atoms with Crippen molar-refractivity contribution in [3.63, 3.8) is 0 Å². The molecule has 15 heteroatoms. The lowest BCUT2D eigenvalue weighted by molar-refractivity contribution is -0.332. The monoisotopic (exact) mass is 951 g/mol. The van der Waals surface area contributed by atoms with E-state index in [1.807, 2.05) is 6.08 Å². The Hall–Kier alpha value is -3.06. The van der Waals surface area contributed by atoms with Crippen LogP contribution in [0.15, 0.2) is 72.9 Å². The van der Waals surface area contributed by atoms with Gasteiger partial charge in [0.2, 0.25) is 0 Å². The quantitative estimate of drug-likeness (QED) is 0.0196. The smallest absolute Gasteiger partial charge is 0.306 e. The molecule has 384 valence electrons. The summed E-state index contributed by atoms with van der Waals surface area (Å²) in [4.78, 5) is 25.7. The fraction of sp³-hybridized carbons (Fsp3) is 0.731. The molecule has 0 aromatic carbocycles. The number of rotatable bonds is 37. The molecule has 0 radical (unpaired) electrons. The molecule has 0 aromatic rings. The molecule has 0 spiro atoms. The van der Waals surface area contributed by atoms with Gasteiger partial charge in [-0.3, -0.25) is 9.59 Å². The van der Waals surface area contributed by atoms with Gasteiger partial charge in [-0.2, -0.15) is 0 Å². The lowest BCUT2D eigenvalue weighted by Gasteiger charge is -2.42. The van der Waals surface area contributed by atoms with E-state index in [0.717, 1.165) is 70.6 Å². The number of unbranched alkanes of at least 4 members (excludes halogenated alkanes) is 11. The first-order valence-corrected chi connectivity index (χ1v) is 25.0. The summed E-state index contributed by atoms with van der Waals surface area (Å²) in [5.41, 5.74) is 0. The number of aliphatic hydroxyl groups excluding tert-OH is 7. The number of ether oxygens (including phenoxy) is 6. The largest absolute Gasteiger partial charge is 0.462 e. The van der Waals surface area contributed by atoms with Crippen LogP contribution in [-0.4, -0.2) is 142 Å². The molecule has 2 aliphatic rings. The highest BCUT2D eigenvalue weighted by molar-refractivity contribution is 5.70. The molecule has 4 unspecified atom stereocenters. The van der Waals surface area contributed by atoms with Crippen molar-refractivity contribution in [2.75, 3.05) is 26.4 Å². The van der Waals surface area contributed by atoms with Crippen LogP contribution in [-0.2, 0) is 38.0 Å². The highest BCUT2D eigenvalue weighted by Crippen LogP contribution is 2.26.